The van der Waals surface area contributed by atoms with Gasteiger partial charge in [0.2, 0.25) is 10.0 Å². The van der Waals surface area contributed by atoms with Crippen molar-refractivity contribution in [1.29, 1.82) is 0 Å². The third kappa shape index (κ3) is 4.39. The van der Waals surface area contributed by atoms with E-state index in [0.29, 0.717) is 23.9 Å². The first kappa shape index (κ1) is 21.2. The average molecular weight is 402 g/mol. The van der Waals surface area contributed by atoms with Crippen LogP contribution >= 0.6 is 12.4 Å². The number of hydrogen-bond donors (Lipinski definition) is 2. The Hall–Kier alpha value is -1.15. The molecule has 1 saturated heterocycles. The zero-order valence-electron chi connectivity index (χ0n) is 15.4. The van der Waals surface area contributed by atoms with Gasteiger partial charge in [-0.1, -0.05) is 0 Å². The Morgan fingerprint density at radius 1 is 1.15 bits per heavy atom. The molecule has 8 heteroatoms. The summed E-state index contributed by atoms with van der Waals surface area (Å²) in [5, 5.41) is 0. The lowest BCUT2D eigenvalue weighted by Gasteiger charge is -2.21. The topological polar surface area (TPSA) is 92.5 Å². The highest BCUT2D eigenvalue weighted by molar-refractivity contribution is 7.89. The van der Waals surface area contributed by atoms with E-state index in [1.54, 1.807) is 32.9 Å². The number of carbonyl (C=O) groups is 1. The molecule has 1 heterocycles. The molecule has 0 aromatic heterocycles. The summed E-state index contributed by atoms with van der Waals surface area (Å²) < 4.78 is 27.3. The maximum Gasteiger partial charge on any atom is 0.253 e. The summed E-state index contributed by atoms with van der Waals surface area (Å²) in [7, 11) is -3.59. The predicted octanol–water partition coefficient (Wildman–Crippen LogP) is 1.99. The fourth-order valence-corrected chi connectivity index (χ4v) is 5.31. The molecule has 2 aliphatic rings. The standard InChI is InChI=1S/C18H27N3O3S.ClH/c1-18(2,3)20-25(23,24)14-7-4-12(5-8-14)17(22)21-10-13-6-9-16(19)15(13)11-21;/h4-5,7-8,13,15-16,20H,6,9-11,19H2,1-3H3;1H. The van der Waals surface area contributed by atoms with Crippen LogP contribution in [0.5, 0.6) is 0 Å². The molecule has 1 aromatic rings. The number of halogens is 1. The second-order valence-corrected chi connectivity index (χ2v) is 9.94. The van der Waals surface area contributed by atoms with Crippen molar-refractivity contribution in [1.82, 2.24) is 9.62 Å². The molecule has 3 unspecified atom stereocenters. The second-order valence-electron chi connectivity index (χ2n) is 8.26. The molecule has 26 heavy (non-hydrogen) atoms. The van der Waals surface area contributed by atoms with Crippen LogP contribution in [0.1, 0.15) is 44.0 Å². The van der Waals surface area contributed by atoms with Gasteiger partial charge in [-0.3, -0.25) is 4.79 Å². The third-order valence-corrected chi connectivity index (χ3v) is 6.83. The van der Waals surface area contributed by atoms with Gasteiger partial charge in [-0.25, -0.2) is 13.1 Å². The van der Waals surface area contributed by atoms with Crippen molar-refractivity contribution < 1.29 is 13.2 Å². The zero-order valence-corrected chi connectivity index (χ0v) is 17.1. The number of fused-ring (bicyclic) bond motifs is 1. The number of benzene rings is 1. The van der Waals surface area contributed by atoms with E-state index in [2.05, 4.69) is 4.72 Å². The predicted molar refractivity (Wildman–Crippen MR) is 104 cm³/mol. The molecule has 1 aliphatic heterocycles. The molecule has 146 valence electrons. The summed E-state index contributed by atoms with van der Waals surface area (Å²) >= 11 is 0. The molecular weight excluding hydrogens is 374 g/mol. The molecule has 1 saturated carbocycles. The highest BCUT2D eigenvalue weighted by Gasteiger charge is 2.42. The molecular formula is C18H28ClN3O3S. The van der Waals surface area contributed by atoms with Gasteiger partial charge in [-0.15, -0.1) is 12.4 Å². The number of rotatable bonds is 3. The lowest BCUT2D eigenvalue weighted by atomic mass is 9.98. The zero-order chi connectivity index (χ0) is 18.4. The van der Waals surface area contributed by atoms with E-state index in [4.69, 9.17) is 5.73 Å². The Kier molecular flexibility index (Phi) is 6.07. The van der Waals surface area contributed by atoms with Crippen LogP contribution in [0.3, 0.4) is 0 Å². The summed E-state index contributed by atoms with van der Waals surface area (Å²) in [4.78, 5) is 14.7. The number of nitrogens with two attached hydrogens (primary N) is 1. The van der Waals surface area contributed by atoms with Crippen molar-refractivity contribution in [2.24, 2.45) is 17.6 Å². The van der Waals surface area contributed by atoms with E-state index in [-0.39, 0.29) is 29.3 Å². The van der Waals surface area contributed by atoms with E-state index in [0.717, 1.165) is 19.4 Å². The van der Waals surface area contributed by atoms with Crippen molar-refractivity contribution >= 4 is 28.3 Å². The second kappa shape index (κ2) is 7.46. The number of sulfonamides is 1. The summed E-state index contributed by atoms with van der Waals surface area (Å²) in [6.07, 6.45) is 2.13. The molecule has 1 amide bonds. The molecule has 0 radical (unpaired) electrons. The van der Waals surface area contributed by atoms with Crippen LogP contribution in [0, 0.1) is 11.8 Å². The average Bonchev–Trinajstić information content (AvgIpc) is 3.07. The Balaban J connectivity index is 0.00000243. The van der Waals surface area contributed by atoms with Gasteiger partial charge in [0.05, 0.1) is 4.90 Å². The molecule has 3 N–H and O–H groups in total. The first-order chi connectivity index (χ1) is 11.6. The molecule has 0 bridgehead atoms. The lowest BCUT2D eigenvalue weighted by molar-refractivity contribution is 0.0779. The molecule has 0 spiro atoms. The van der Waals surface area contributed by atoms with Gasteiger partial charge >= 0.3 is 0 Å². The largest absolute Gasteiger partial charge is 0.338 e. The maximum absolute atomic E-state index is 12.7. The van der Waals surface area contributed by atoms with Crippen LogP contribution in [0.4, 0.5) is 0 Å². The van der Waals surface area contributed by atoms with E-state index in [9.17, 15) is 13.2 Å². The first-order valence-electron chi connectivity index (χ1n) is 8.76. The summed E-state index contributed by atoms with van der Waals surface area (Å²) in [5.74, 6) is 0.864. The SMILES string of the molecule is CC(C)(C)NS(=O)(=O)c1ccc(C(=O)N2CC3CCC(N)C3C2)cc1.Cl. The first-order valence-corrected chi connectivity index (χ1v) is 10.2. The maximum atomic E-state index is 12.7. The molecule has 1 aromatic carbocycles. The van der Waals surface area contributed by atoms with Crippen LogP contribution in [-0.2, 0) is 10.0 Å². The van der Waals surface area contributed by atoms with Crippen LogP contribution in [0.15, 0.2) is 29.2 Å². The quantitative estimate of drug-likeness (QED) is 0.810. The lowest BCUT2D eigenvalue weighted by Crippen LogP contribution is -2.40. The monoisotopic (exact) mass is 401 g/mol. The van der Waals surface area contributed by atoms with Gasteiger partial charge in [0, 0.05) is 30.2 Å². The summed E-state index contributed by atoms with van der Waals surface area (Å²) in [5.41, 5.74) is 6.09. The molecule has 3 rings (SSSR count). The molecule has 6 nitrogen and oxygen atoms in total. The van der Waals surface area contributed by atoms with Crippen molar-refractivity contribution in [2.45, 2.75) is 50.1 Å². The van der Waals surface area contributed by atoms with E-state index in [1.165, 1.54) is 12.1 Å². The highest BCUT2D eigenvalue weighted by atomic mass is 35.5. The third-order valence-electron chi connectivity index (χ3n) is 5.05. The van der Waals surface area contributed by atoms with Crippen LogP contribution in [0.2, 0.25) is 0 Å². The normalized spacial score (nSPS) is 25.7. The van der Waals surface area contributed by atoms with Crippen molar-refractivity contribution in [3.05, 3.63) is 29.8 Å². The van der Waals surface area contributed by atoms with Crippen molar-refractivity contribution in [2.75, 3.05) is 13.1 Å². The fraction of sp³-hybridized carbons (Fsp3) is 0.611. The summed E-state index contributed by atoms with van der Waals surface area (Å²) in [6.45, 7) is 6.82. The van der Waals surface area contributed by atoms with Crippen LogP contribution in [0.25, 0.3) is 0 Å². The highest BCUT2D eigenvalue weighted by Crippen LogP contribution is 2.37. The Morgan fingerprint density at radius 3 is 2.31 bits per heavy atom. The minimum Gasteiger partial charge on any atom is -0.338 e. The molecule has 2 fully saturated rings. The fourth-order valence-electron chi connectivity index (χ4n) is 3.89. The number of carbonyl (C=O) groups excluding carboxylic acids is 1. The van der Waals surface area contributed by atoms with Crippen LogP contribution in [-0.4, -0.2) is 43.9 Å². The van der Waals surface area contributed by atoms with Crippen LogP contribution < -0.4 is 10.5 Å². The number of nitrogens with zero attached hydrogens (tertiary/aromatic N) is 1. The van der Waals surface area contributed by atoms with Gasteiger partial charge in [-0.05, 0) is 69.7 Å². The van der Waals surface area contributed by atoms with Crippen molar-refractivity contribution in [3.8, 4) is 0 Å². The number of nitrogens with one attached hydrogen (secondary N) is 1. The number of amides is 1. The Morgan fingerprint density at radius 2 is 1.77 bits per heavy atom. The Labute approximate surface area is 162 Å². The summed E-state index contributed by atoms with van der Waals surface area (Å²) in [6, 6.07) is 6.36. The molecule has 1 aliphatic carbocycles. The Bertz CT molecular complexity index is 759. The minimum absolute atomic E-state index is 0. The van der Waals surface area contributed by atoms with E-state index >= 15 is 0 Å². The van der Waals surface area contributed by atoms with E-state index in [1.807, 2.05) is 4.90 Å². The minimum atomic E-state index is -3.59. The van der Waals surface area contributed by atoms with Gasteiger partial charge in [0.15, 0.2) is 0 Å². The van der Waals surface area contributed by atoms with Gasteiger partial charge < -0.3 is 10.6 Å². The smallest absolute Gasteiger partial charge is 0.253 e. The van der Waals surface area contributed by atoms with Gasteiger partial charge in [0.1, 0.15) is 0 Å². The van der Waals surface area contributed by atoms with Gasteiger partial charge in [0.25, 0.3) is 5.91 Å². The number of hydrogen-bond acceptors (Lipinski definition) is 4. The molecule has 3 atom stereocenters. The van der Waals surface area contributed by atoms with Gasteiger partial charge in [-0.2, -0.15) is 0 Å². The number of likely N-dealkylation sites (tertiary alicyclic amines) is 1. The van der Waals surface area contributed by atoms with Crippen molar-refractivity contribution in [3.63, 3.8) is 0 Å². The van der Waals surface area contributed by atoms with E-state index < -0.39 is 15.6 Å².